The molecule has 0 saturated heterocycles. The van der Waals surface area contributed by atoms with Gasteiger partial charge in [0.15, 0.2) is 0 Å². The Hall–Kier alpha value is -0.870. The number of nitrogens with one attached hydrogen (secondary N) is 1. The van der Waals surface area contributed by atoms with Gasteiger partial charge in [-0.05, 0) is 19.3 Å². The van der Waals surface area contributed by atoms with Crippen LogP contribution >= 0.6 is 0 Å². The molecule has 4 heteroatoms. The third kappa shape index (κ3) is 2.08. The smallest absolute Gasteiger partial charge is 0.0922 e. The molecule has 0 bridgehead atoms. The molecule has 2 atom stereocenters. The van der Waals surface area contributed by atoms with Crippen molar-refractivity contribution in [2.24, 2.45) is 5.73 Å². The van der Waals surface area contributed by atoms with E-state index in [0.29, 0.717) is 6.61 Å². The van der Waals surface area contributed by atoms with E-state index in [2.05, 4.69) is 9.97 Å². The van der Waals surface area contributed by atoms with Gasteiger partial charge in [0.1, 0.15) is 0 Å². The fourth-order valence-corrected chi connectivity index (χ4v) is 1.72. The summed E-state index contributed by atoms with van der Waals surface area (Å²) >= 11 is 0. The Morgan fingerprint density at radius 1 is 1.62 bits per heavy atom. The van der Waals surface area contributed by atoms with Gasteiger partial charge in [-0.3, -0.25) is 0 Å². The Kier molecular flexibility index (Phi) is 2.61. The van der Waals surface area contributed by atoms with Gasteiger partial charge >= 0.3 is 0 Å². The number of nitrogens with two attached hydrogens (primary N) is 1. The lowest BCUT2D eigenvalue weighted by molar-refractivity contribution is 0.0341. The Morgan fingerprint density at radius 3 is 3.15 bits per heavy atom. The number of ether oxygens (including phenoxy) is 1. The van der Waals surface area contributed by atoms with E-state index in [-0.39, 0.29) is 12.1 Å². The first kappa shape index (κ1) is 8.72. The van der Waals surface area contributed by atoms with Crippen LogP contribution in [0, 0.1) is 0 Å². The van der Waals surface area contributed by atoms with Crippen LogP contribution in [0.15, 0.2) is 12.5 Å². The first-order chi connectivity index (χ1) is 6.36. The van der Waals surface area contributed by atoms with E-state index in [4.69, 9.17) is 10.5 Å². The second kappa shape index (κ2) is 3.89. The summed E-state index contributed by atoms with van der Waals surface area (Å²) in [6, 6.07) is 0.225. The first-order valence-electron chi connectivity index (χ1n) is 4.70. The Balaban J connectivity index is 1.79. The molecule has 1 heterocycles. The Bertz CT molecular complexity index is 247. The van der Waals surface area contributed by atoms with Crippen molar-refractivity contribution in [3.8, 4) is 0 Å². The summed E-state index contributed by atoms with van der Waals surface area (Å²) in [6.45, 7) is 0.596. The summed E-state index contributed by atoms with van der Waals surface area (Å²) < 4.78 is 5.66. The molecule has 1 aliphatic carbocycles. The van der Waals surface area contributed by atoms with Gasteiger partial charge in [-0.1, -0.05) is 0 Å². The maximum Gasteiger partial charge on any atom is 0.0922 e. The second-order valence-corrected chi connectivity index (χ2v) is 3.52. The van der Waals surface area contributed by atoms with Crippen molar-refractivity contribution in [2.75, 3.05) is 0 Å². The van der Waals surface area contributed by atoms with E-state index in [1.807, 2.05) is 0 Å². The lowest BCUT2D eigenvalue weighted by Crippen LogP contribution is -2.31. The van der Waals surface area contributed by atoms with E-state index >= 15 is 0 Å². The fraction of sp³-hybridized carbons (Fsp3) is 0.667. The van der Waals surface area contributed by atoms with Gasteiger partial charge in [0.2, 0.25) is 0 Å². The number of imidazole rings is 1. The number of nitrogens with zero attached hydrogens (tertiary/aromatic N) is 1. The quantitative estimate of drug-likeness (QED) is 0.725. The molecule has 1 aromatic rings. The second-order valence-electron chi connectivity index (χ2n) is 3.52. The van der Waals surface area contributed by atoms with Crippen molar-refractivity contribution in [2.45, 2.75) is 38.0 Å². The van der Waals surface area contributed by atoms with Gasteiger partial charge < -0.3 is 15.5 Å². The van der Waals surface area contributed by atoms with E-state index in [1.165, 1.54) is 6.42 Å². The van der Waals surface area contributed by atoms with Crippen molar-refractivity contribution in [3.05, 3.63) is 18.2 Å². The standard InChI is InChI=1S/C9H15N3O/c10-8-2-1-3-9(8)13-5-7-4-11-6-12-7/h4,6,8-9H,1-3,5,10H2,(H,11,12)/t8-,9-/m0/s1. The van der Waals surface area contributed by atoms with Gasteiger partial charge in [-0.25, -0.2) is 4.98 Å². The molecular formula is C9H15N3O. The number of rotatable bonds is 3. The van der Waals surface area contributed by atoms with E-state index in [1.54, 1.807) is 12.5 Å². The minimum Gasteiger partial charge on any atom is -0.370 e. The molecule has 0 aliphatic heterocycles. The molecule has 1 saturated carbocycles. The number of H-pyrrole nitrogens is 1. The van der Waals surface area contributed by atoms with Crippen molar-refractivity contribution in [1.29, 1.82) is 0 Å². The molecule has 4 nitrogen and oxygen atoms in total. The highest BCUT2D eigenvalue weighted by molar-refractivity contribution is 4.92. The monoisotopic (exact) mass is 181 g/mol. The van der Waals surface area contributed by atoms with Crippen LogP contribution in [-0.2, 0) is 11.3 Å². The zero-order chi connectivity index (χ0) is 9.10. The molecule has 1 aromatic heterocycles. The van der Waals surface area contributed by atoms with E-state index in [0.717, 1.165) is 18.5 Å². The molecular weight excluding hydrogens is 166 g/mol. The Morgan fingerprint density at radius 2 is 2.54 bits per heavy atom. The SMILES string of the molecule is N[C@H]1CCC[C@@H]1OCc1cnc[nH]1. The average Bonchev–Trinajstić information content (AvgIpc) is 2.72. The van der Waals surface area contributed by atoms with Crippen LogP contribution in [0.4, 0.5) is 0 Å². The number of aromatic nitrogens is 2. The van der Waals surface area contributed by atoms with Crippen LogP contribution in [-0.4, -0.2) is 22.1 Å². The molecule has 0 spiro atoms. The van der Waals surface area contributed by atoms with E-state index in [9.17, 15) is 0 Å². The topological polar surface area (TPSA) is 63.9 Å². The number of hydrogen-bond donors (Lipinski definition) is 2. The number of hydrogen-bond acceptors (Lipinski definition) is 3. The van der Waals surface area contributed by atoms with Crippen molar-refractivity contribution in [1.82, 2.24) is 9.97 Å². The minimum atomic E-state index is 0.225. The van der Waals surface area contributed by atoms with Crippen LogP contribution in [0.5, 0.6) is 0 Å². The molecule has 0 amide bonds. The minimum absolute atomic E-state index is 0.225. The first-order valence-corrected chi connectivity index (χ1v) is 4.70. The predicted octanol–water partition coefficient (Wildman–Crippen LogP) is 0.806. The highest BCUT2D eigenvalue weighted by atomic mass is 16.5. The third-order valence-corrected chi connectivity index (χ3v) is 2.51. The highest BCUT2D eigenvalue weighted by Gasteiger charge is 2.24. The van der Waals surface area contributed by atoms with Gasteiger partial charge in [-0.15, -0.1) is 0 Å². The lowest BCUT2D eigenvalue weighted by Gasteiger charge is -2.15. The zero-order valence-corrected chi connectivity index (χ0v) is 7.57. The summed E-state index contributed by atoms with van der Waals surface area (Å²) in [7, 11) is 0. The van der Waals surface area contributed by atoms with Gasteiger partial charge in [0.25, 0.3) is 0 Å². The van der Waals surface area contributed by atoms with Crippen LogP contribution in [0.25, 0.3) is 0 Å². The number of aromatic amines is 1. The molecule has 3 N–H and O–H groups in total. The zero-order valence-electron chi connectivity index (χ0n) is 7.57. The molecule has 2 rings (SSSR count). The summed E-state index contributed by atoms with van der Waals surface area (Å²) in [5.74, 6) is 0. The summed E-state index contributed by atoms with van der Waals surface area (Å²) in [5.41, 5.74) is 6.88. The molecule has 1 fully saturated rings. The van der Waals surface area contributed by atoms with Crippen molar-refractivity contribution >= 4 is 0 Å². The van der Waals surface area contributed by atoms with Crippen LogP contribution in [0.1, 0.15) is 25.0 Å². The summed E-state index contributed by atoms with van der Waals surface area (Å²) in [6.07, 6.45) is 7.05. The van der Waals surface area contributed by atoms with Gasteiger partial charge in [-0.2, -0.15) is 0 Å². The molecule has 1 aliphatic rings. The van der Waals surface area contributed by atoms with Crippen molar-refractivity contribution < 1.29 is 4.74 Å². The normalized spacial score (nSPS) is 28.1. The maximum atomic E-state index is 5.87. The average molecular weight is 181 g/mol. The largest absolute Gasteiger partial charge is 0.370 e. The van der Waals surface area contributed by atoms with Crippen LogP contribution in [0.3, 0.4) is 0 Å². The highest BCUT2D eigenvalue weighted by Crippen LogP contribution is 2.20. The molecule has 0 unspecified atom stereocenters. The molecule has 13 heavy (non-hydrogen) atoms. The van der Waals surface area contributed by atoms with Gasteiger partial charge in [0.05, 0.1) is 30.9 Å². The van der Waals surface area contributed by atoms with Gasteiger partial charge in [0, 0.05) is 6.04 Å². The molecule has 0 radical (unpaired) electrons. The molecule has 0 aromatic carbocycles. The summed E-state index contributed by atoms with van der Waals surface area (Å²) in [4.78, 5) is 6.92. The van der Waals surface area contributed by atoms with Crippen molar-refractivity contribution in [3.63, 3.8) is 0 Å². The summed E-state index contributed by atoms with van der Waals surface area (Å²) in [5, 5.41) is 0. The van der Waals surface area contributed by atoms with E-state index < -0.39 is 0 Å². The fourth-order valence-electron chi connectivity index (χ4n) is 1.72. The predicted molar refractivity (Wildman–Crippen MR) is 49.0 cm³/mol. The maximum absolute atomic E-state index is 5.87. The molecule has 72 valence electrons. The Labute approximate surface area is 77.5 Å². The third-order valence-electron chi connectivity index (χ3n) is 2.51. The lowest BCUT2D eigenvalue weighted by atomic mass is 10.2. The van der Waals surface area contributed by atoms with Crippen LogP contribution in [0.2, 0.25) is 0 Å². The van der Waals surface area contributed by atoms with Crippen LogP contribution < -0.4 is 5.73 Å².